The zero-order chi connectivity index (χ0) is 16.8. The molecular formula is C15H17BrFNO5. The lowest BCUT2D eigenvalue weighted by Crippen LogP contribution is -2.49. The number of carbonyl (C=O) groups excluding carboxylic acids is 1. The second-order valence-electron chi connectivity index (χ2n) is 5.22. The van der Waals surface area contributed by atoms with Crippen molar-refractivity contribution >= 4 is 27.8 Å². The van der Waals surface area contributed by atoms with Gasteiger partial charge < -0.3 is 19.9 Å². The molecule has 1 aliphatic heterocycles. The Labute approximate surface area is 141 Å². The van der Waals surface area contributed by atoms with Gasteiger partial charge in [0.1, 0.15) is 17.6 Å². The molecular weight excluding hydrogens is 373 g/mol. The van der Waals surface area contributed by atoms with E-state index in [4.69, 9.17) is 9.47 Å². The molecule has 2 atom stereocenters. The smallest absolute Gasteiger partial charge is 0.326 e. The standard InChI is InChI=1S/C15H17BrFNO5/c16-11-6-10(17)3-4-12(11)23-8-13(19)18-14(15(20)21)9-2-1-5-22-7-9/h3-4,6,9,14H,1-2,5,7-8H2,(H,18,19)(H,20,21). The molecule has 2 rings (SSSR count). The van der Waals surface area contributed by atoms with Crippen LogP contribution in [0.5, 0.6) is 5.75 Å². The van der Waals surface area contributed by atoms with Crippen molar-refractivity contribution in [1.29, 1.82) is 0 Å². The van der Waals surface area contributed by atoms with Crippen LogP contribution < -0.4 is 10.1 Å². The predicted molar refractivity (Wildman–Crippen MR) is 82.7 cm³/mol. The van der Waals surface area contributed by atoms with Crippen molar-refractivity contribution in [3.63, 3.8) is 0 Å². The summed E-state index contributed by atoms with van der Waals surface area (Å²) < 4.78 is 23.9. The number of hydrogen-bond donors (Lipinski definition) is 2. The monoisotopic (exact) mass is 389 g/mol. The first kappa shape index (κ1) is 17.7. The maximum absolute atomic E-state index is 13.0. The molecule has 1 aromatic rings. The van der Waals surface area contributed by atoms with Gasteiger partial charge in [-0.05, 0) is 47.0 Å². The highest BCUT2D eigenvalue weighted by Gasteiger charge is 2.31. The molecule has 0 aromatic heterocycles. The number of benzene rings is 1. The van der Waals surface area contributed by atoms with Gasteiger partial charge in [-0.1, -0.05) is 0 Å². The minimum Gasteiger partial charge on any atom is -0.483 e. The molecule has 1 amide bonds. The molecule has 126 valence electrons. The van der Waals surface area contributed by atoms with Gasteiger partial charge in [-0.3, -0.25) is 4.79 Å². The van der Waals surface area contributed by atoms with Crippen molar-refractivity contribution in [2.75, 3.05) is 19.8 Å². The number of carboxylic acids is 1. The van der Waals surface area contributed by atoms with Crippen molar-refractivity contribution in [3.05, 3.63) is 28.5 Å². The Balaban J connectivity index is 1.90. The zero-order valence-electron chi connectivity index (χ0n) is 12.3. The van der Waals surface area contributed by atoms with E-state index in [9.17, 15) is 19.1 Å². The van der Waals surface area contributed by atoms with Gasteiger partial charge in [0.2, 0.25) is 0 Å². The molecule has 1 aliphatic rings. The van der Waals surface area contributed by atoms with Gasteiger partial charge in [-0.2, -0.15) is 0 Å². The summed E-state index contributed by atoms with van der Waals surface area (Å²) >= 11 is 3.13. The summed E-state index contributed by atoms with van der Waals surface area (Å²) in [5, 5.41) is 11.7. The van der Waals surface area contributed by atoms with Gasteiger partial charge in [0.25, 0.3) is 5.91 Å². The summed E-state index contributed by atoms with van der Waals surface area (Å²) in [5.41, 5.74) is 0. The highest BCUT2D eigenvalue weighted by molar-refractivity contribution is 9.10. The molecule has 1 saturated heterocycles. The average molecular weight is 390 g/mol. The number of halogens is 2. The van der Waals surface area contributed by atoms with Gasteiger partial charge in [-0.15, -0.1) is 0 Å². The second kappa shape index (κ2) is 8.26. The lowest BCUT2D eigenvalue weighted by Gasteiger charge is -2.28. The summed E-state index contributed by atoms with van der Waals surface area (Å²) in [5.74, 6) is -2.05. The molecule has 1 fully saturated rings. The van der Waals surface area contributed by atoms with Crippen molar-refractivity contribution < 1.29 is 28.6 Å². The fourth-order valence-electron chi connectivity index (χ4n) is 2.36. The number of amides is 1. The van der Waals surface area contributed by atoms with Gasteiger partial charge in [0.15, 0.2) is 6.61 Å². The van der Waals surface area contributed by atoms with Crippen LogP contribution in [0.2, 0.25) is 0 Å². The van der Waals surface area contributed by atoms with Crippen LogP contribution in [-0.2, 0) is 14.3 Å². The molecule has 8 heteroatoms. The molecule has 6 nitrogen and oxygen atoms in total. The Morgan fingerprint density at radius 1 is 1.52 bits per heavy atom. The van der Waals surface area contributed by atoms with Crippen LogP contribution >= 0.6 is 15.9 Å². The molecule has 0 aliphatic carbocycles. The SMILES string of the molecule is O=C(COc1ccc(F)cc1Br)NC(C(=O)O)C1CCCOC1. The molecule has 1 aromatic carbocycles. The second-order valence-corrected chi connectivity index (χ2v) is 6.08. The van der Waals surface area contributed by atoms with Gasteiger partial charge >= 0.3 is 5.97 Å². The number of ether oxygens (including phenoxy) is 2. The van der Waals surface area contributed by atoms with E-state index in [-0.39, 0.29) is 12.5 Å². The largest absolute Gasteiger partial charge is 0.483 e. The lowest BCUT2D eigenvalue weighted by molar-refractivity contribution is -0.145. The first-order valence-electron chi connectivity index (χ1n) is 7.15. The van der Waals surface area contributed by atoms with Crippen molar-refractivity contribution in [2.45, 2.75) is 18.9 Å². The summed E-state index contributed by atoms with van der Waals surface area (Å²) in [4.78, 5) is 23.3. The Kier molecular flexibility index (Phi) is 6.35. The molecule has 0 radical (unpaired) electrons. The van der Waals surface area contributed by atoms with Crippen molar-refractivity contribution in [3.8, 4) is 5.75 Å². The maximum atomic E-state index is 13.0. The van der Waals surface area contributed by atoms with Gasteiger partial charge in [0, 0.05) is 12.5 Å². The van der Waals surface area contributed by atoms with Crippen LogP contribution in [0, 0.1) is 11.7 Å². The van der Waals surface area contributed by atoms with E-state index in [1.807, 2.05) is 0 Å². The third kappa shape index (κ3) is 5.18. The Bertz CT molecular complexity index is 577. The quantitative estimate of drug-likeness (QED) is 0.776. The molecule has 1 heterocycles. The van der Waals surface area contributed by atoms with E-state index >= 15 is 0 Å². The predicted octanol–water partition coefficient (Wildman–Crippen LogP) is 1.96. The highest BCUT2D eigenvalue weighted by Crippen LogP contribution is 2.25. The highest BCUT2D eigenvalue weighted by atomic mass is 79.9. The molecule has 2 unspecified atom stereocenters. The van der Waals surface area contributed by atoms with E-state index < -0.39 is 23.7 Å². The normalized spacial score (nSPS) is 19.0. The summed E-state index contributed by atoms with van der Waals surface area (Å²) in [6.45, 7) is 0.557. The topological polar surface area (TPSA) is 84.9 Å². The molecule has 0 bridgehead atoms. The molecule has 23 heavy (non-hydrogen) atoms. The maximum Gasteiger partial charge on any atom is 0.326 e. The van der Waals surface area contributed by atoms with E-state index in [1.165, 1.54) is 18.2 Å². The number of hydrogen-bond acceptors (Lipinski definition) is 4. The van der Waals surface area contributed by atoms with Crippen LogP contribution in [0.1, 0.15) is 12.8 Å². The minimum absolute atomic E-state index is 0.261. The van der Waals surface area contributed by atoms with Crippen LogP contribution in [0.4, 0.5) is 4.39 Å². The Hall–Kier alpha value is -1.67. The van der Waals surface area contributed by atoms with Gasteiger partial charge in [0.05, 0.1) is 11.1 Å². The molecule has 2 N–H and O–H groups in total. The third-order valence-electron chi connectivity index (χ3n) is 3.50. The fourth-order valence-corrected chi connectivity index (χ4v) is 2.83. The number of aliphatic carboxylic acids is 1. The number of nitrogens with one attached hydrogen (secondary N) is 1. The average Bonchev–Trinajstić information content (AvgIpc) is 2.52. The van der Waals surface area contributed by atoms with Crippen molar-refractivity contribution in [2.24, 2.45) is 5.92 Å². The van der Waals surface area contributed by atoms with E-state index in [2.05, 4.69) is 21.2 Å². The number of carboxylic acid groups (broad SMARTS) is 1. The molecule has 0 spiro atoms. The van der Waals surface area contributed by atoms with E-state index in [0.29, 0.717) is 29.9 Å². The van der Waals surface area contributed by atoms with Crippen LogP contribution in [0.15, 0.2) is 22.7 Å². The summed E-state index contributed by atoms with van der Waals surface area (Å²) in [6, 6.07) is 2.79. The van der Waals surface area contributed by atoms with E-state index in [0.717, 1.165) is 6.42 Å². The van der Waals surface area contributed by atoms with Crippen LogP contribution in [-0.4, -0.2) is 42.8 Å². The van der Waals surface area contributed by atoms with Crippen LogP contribution in [0.25, 0.3) is 0 Å². The van der Waals surface area contributed by atoms with E-state index in [1.54, 1.807) is 0 Å². The minimum atomic E-state index is -1.10. The first-order chi connectivity index (χ1) is 11.0. The zero-order valence-corrected chi connectivity index (χ0v) is 13.8. The first-order valence-corrected chi connectivity index (χ1v) is 7.94. The fraction of sp³-hybridized carbons (Fsp3) is 0.467. The summed E-state index contributed by atoms with van der Waals surface area (Å²) in [7, 11) is 0. The lowest BCUT2D eigenvalue weighted by atomic mass is 9.94. The van der Waals surface area contributed by atoms with Crippen molar-refractivity contribution in [1.82, 2.24) is 5.32 Å². The third-order valence-corrected chi connectivity index (χ3v) is 4.12. The Morgan fingerprint density at radius 3 is 2.91 bits per heavy atom. The number of carbonyl (C=O) groups is 2. The van der Waals surface area contributed by atoms with Crippen LogP contribution in [0.3, 0.4) is 0 Å². The number of rotatable bonds is 6. The Morgan fingerprint density at radius 2 is 2.30 bits per heavy atom. The summed E-state index contributed by atoms with van der Waals surface area (Å²) in [6.07, 6.45) is 1.45. The molecule has 0 saturated carbocycles. The van der Waals surface area contributed by atoms with Gasteiger partial charge in [-0.25, -0.2) is 9.18 Å².